The molecular formula is C19H25NO2S. The van der Waals surface area contributed by atoms with Gasteiger partial charge in [-0.15, -0.1) is 0 Å². The second-order valence-electron chi connectivity index (χ2n) is 6.78. The van der Waals surface area contributed by atoms with Gasteiger partial charge < -0.3 is 15.1 Å². The highest BCUT2D eigenvalue weighted by atomic mass is 32.1. The van der Waals surface area contributed by atoms with Gasteiger partial charge in [-0.2, -0.15) is 11.3 Å². The van der Waals surface area contributed by atoms with E-state index < -0.39 is 11.7 Å². The lowest BCUT2D eigenvalue weighted by Crippen LogP contribution is -2.39. The van der Waals surface area contributed by atoms with Crippen LogP contribution >= 0.6 is 11.3 Å². The number of aliphatic hydroxyl groups excluding tert-OH is 1. The fraction of sp³-hybridized carbons (Fsp3) is 0.474. The van der Waals surface area contributed by atoms with Crippen LogP contribution < -0.4 is 0 Å². The zero-order chi connectivity index (χ0) is 16.4. The van der Waals surface area contributed by atoms with Crippen molar-refractivity contribution < 1.29 is 10.2 Å². The largest absolute Gasteiger partial charge is 0.385 e. The molecular weight excluding hydrogens is 306 g/mol. The summed E-state index contributed by atoms with van der Waals surface area (Å²) >= 11 is 1.56. The van der Waals surface area contributed by atoms with Gasteiger partial charge in [0.2, 0.25) is 0 Å². The number of nitrogens with zero attached hydrogens (tertiary/aromatic N) is 1. The molecule has 1 fully saturated rings. The molecule has 0 bridgehead atoms. The van der Waals surface area contributed by atoms with E-state index in [1.54, 1.807) is 11.3 Å². The Bertz CT molecular complexity index is 630. The van der Waals surface area contributed by atoms with Gasteiger partial charge >= 0.3 is 0 Å². The number of rotatable bonds is 4. The molecule has 0 radical (unpaired) electrons. The lowest BCUT2D eigenvalue weighted by atomic mass is 9.76. The molecule has 0 spiro atoms. The molecule has 0 aliphatic heterocycles. The lowest BCUT2D eigenvalue weighted by Gasteiger charge is -2.39. The SMILES string of the molecule is CN(C)C1CCC(O)(c2cscc2[C@@H](O)c2ccccc2)CC1. The third kappa shape index (κ3) is 3.36. The van der Waals surface area contributed by atoms with Crippen LogP contribution in [0.3, 0.4) is 0 Å². The van der Waals surface area contributed by atoms with Gasteiger partial charge in [0.05, 0.1) is 5.60 Å². The Labute approximate surface area is 142 Å². The predicted molar refractivity (Wildman–Crippen MR) is 94.7 cm³/mol. The zero-order valence-electron chi connectivity index (χ0n) is 13.8. The van der Waals surface area contributed by atoms with Gasteiger partial charge in [-0.1, -0.05) is 30.3 Å². The van der Waals surface area contributed by atoms with E-state index in [2.05, 4.69) is 19.0 Å². The molecule has 2 N–H and O–H groups in total. The van der Waals surface area contributed by atoms with Crippen LogP contribution in [0.1, 0.15) is 48.5 Å². The molecule has 1 aromatic heterocycles. The molecule has 1 atom stereocenters. The number of benzene rings is 1. The van der Waals surface area contributed by atoms with Crippen LogP contribution in [0, 0.1) is 0 Å². The van der Waals surface area contributed by atoms with E-state index in [-0.39, 0.29) is 0 Å². The molecule has 4 heteroatoms. The smallest absolute Gasteiger partial charge is 0.105 e. The number of hydrogen-bond donors (Lipinski definition) is 2. The van der Waals surface area contributed by atoms with Gasteiger partial charge in [-0.3, -0.25) is 0 Å². The molecule has 1 aliphatic rings. The van der Waals surface area contributed by atoms with Crippen molar-refractivity contribution in [1.82, 2.24) is 4.90 Å². The van der Waals surface area contributed by atoms with E-state index in [1.807, 2.05) is 41.1 Å². The van der Waals surface area contributed by atoms with Crippen molar-refractivity contribution in [3.8, 4) is 0 Å². The minimum Gasteiger partial charge on any atom is -0.385 e. The molecule has 0 saturated heterocycles. The highest BCUT2D eigenvalue weighted by Crippen LogP contribution is 2.43. The topological polar surface area (TPSA) is 43.7 Å². The molecule has 23 heavy (non-hydrogen) atoms. The summed E-state index contributed by atoms with van der Waals surface area (Å²) in [6.45, 7) is 0. The second-order valence-corrected chi connectivity index (χ2v) is 7.52. The van der Waals surface area contributed by atoms with E-state index >= 15 is 0 Å². The van der Waals surface area contributed by atoms with Gasteiger partial charge in [0.1, 0.15) is 6.10 Å². The highest BCUT2D eigenvalue weighted by molar-refractivity contribution is 7.08. The molecule has 0 amide bonds. The first-order chi connectivity index (χ1) is 11.0. The molecule has 2 aromatic rings. The third-order valence-electron chi connectivity index (χ3n) is 5.12. The Balaban J connectivity index is 1.84. The van der Waals surface area contributed by atoms with E-state index in [1.165, 1.54) is 0 Å². The fourth-order valence-electron chi connectivity index (χ4n) is 3.58. The van der Waals surface area contributed by atoms with Gasteiger partial charge in [0, 0.05) is 17.2 Å². The van der Waals surface area contributed by atoms with Gasteiger partial charge in [-0.25, -0.2) is 0 Å². The molecule has 124 valence electrons. The molecule has 1 heterocycles. The average Bonchev–Trinajstić information content (AvgIpc) is 3.06. The summed E-state index contributed by atoms with van der Waals surface area (Å²) in [4.78, 5) is 2.24. The van der Waals surface area contributed by atoms with Crippen molar-refractivity contribution in [3.05, 3.63) is 57.8 Å². The first-order valence-corrected chi connectivity index (χ1v) is 9.14. The summed E-state index contributed by atoms with van der Waals surface area (Å²) in [6, 6.07) is 10.2. The Morgan fingerprint density at radius 2 is 1.78 bits per heavy atom. The molecule has 1 aromatic carbocycles. The Morgan fingerprint density at radius 3 is 2.39 bits per heavy atom. The molecule has 0 unspecified atom stereocenters. The molecule has 3 nitrogen and oxygen atoms in total. The van der Waals surface area contributed by atoms with Crippen LogP contribution in [0.5, 0.6) is 0 Å². The second kappa shape index (κ2) is 6.73. The summed E-state index contributed by atoms with van der Waals surface area (Å²) in [5.74, 6) is 0. The first-order valence-electron chi connectivity index (χ1n) is 8.19. The monoisotopic (exact) mass is 331 g/mol. The van der Waals surface area contributed by atoms with E-state index in [0.717, 1.165) is 42.4 Å². The highest BCUT2D eigenvalue weighted by Gasteiger charge is 2.38. The maximum atomic E-state index is 11.2. The standard InChI is InChI=1S/C19H25NO2S/c1-20(2)15-8-10-19(22,11-9-15)17-13-23-12-16(17)18(21)14-6-4-3-5-7-14/h3-7,12-13,15,18,21-22H,8-11H2,1-2H3/t15?,18-,19?/m0/s1. The summed E-state index contributed by atoms with van der Waals surface area (Å²) in [6.07, 6.45) is 2.80. The number of aliphatic hydroxyl groups is 2. The Morgan fingerprint density at radius 1 is 1.13 bits per heavy atom. The van der Waals surface area contributed by atoms with E-state index in [9.17, 15) is 10.2 Å². The van der Waals surface area contributed by atoms with Crippen molar-refractivity contribution in [2.75, 3.05) is 14.1 Å². The quantitative estimate of drug-likeness (QED) is 0.901. The van der Waals surface area contributed by atoms with Crippen LogP contribution in [0.15, 0.2) is 41.1 Å². The van der Waals surface area contributed by atoms with Crippen LogP contribution in [0.4, 0.5) is 0 Å². The summed E-state index contributed by atoms with van der Waals surface area (Å²) in [5.41, 5.74) is 1.83. The average molecular weight is 331 g/mol. The normalized spacial score (nSPS) is 26.4. The fourth-order valence-corrected chi connectivity index (χ4v) is 4.54. The van der Waals surface area contributed by atoms with Crippen molar-refractivity contribution in [2.24, 2.45) is 0 Å². The molecule has 1 saturated carbocycles. The maximum absolute atomic E-state index is 11.2. The molecule has 1 aliphatic carbocycles. The van der Waals surface area contributed by atoms with E-state index in [4.69, 9.17) is 0 Å². The maximum Gasteiger partial charge on any atom is 0.105 e. The first kappa shape index (κ1) is 16.7. The minimum absolute atomic E-state index is 0.538. The Hall–Kier alpha value is -1.20. The zero-order valence-corrected chi connectivity index (χ0v) is 14.6. The van der Waals surface area contributed by atoms with E-state index in [0.29, 0.717) is 6.04 Å². The van der Waals surface area contributed by atoms with Gasteiger partial charge in [-0.05, 0) is 56.1 Å². The summed E-state index contributed by atoms with van der Waals surface area (Å²) in [5, 5.41) is 25.9. The van der Waals surface area contributed by atoms with Crippen molar-refractivity contribution in [3.63, 3.8) is 0 Å². The third-order valence-corrected chi connectivity index (χ3v) is 5.88. The van der Waals surface area contributed by atoms with Gasteiger partial charge in [0.25, 0.3) is 0 Å². The Kier molecular flexibility index (Phi) is 4.87. The van der Waals surface area contributed by atoms with Gasteiger partial charge in [0.15, 0.2) is 0 Å². The lowest BCUT2D eigenvalue weighted by molar-refractivity contribution is -0.0205. The van der Waals surface area contributed by atoms with Crippen LogP contribution in [-0.4, -0.2) is 35.3 Å². The summed E-state index contributed by atoms with van der Waals surface area (Å²) < 4.78 is 0. The predicted octanol–water partition coefficient (Wildman–Crippen LogP) is 3.52. The van der Waals surface area contributed by atoms with Crippen LogP contribution in [0.2, 0.25) is 0 Å². The van der Waals surface area contributed by atoms with Crippen molar-refractivity contribution in [2.45, 2.75) is 43.4 Å². The van der Waals surface area contributed by atoms with Crippen LogP contribution in [-0.2, 0) is 5.60 Å². The number of hydrogen-bond acceptors (Lipinski definition) is 4. The summed E-state index contributed by atoms with van der Waals surface area (Å²) in [7, 11) is 4.20. The number of thiophene rings is 1. The molecule has 3 rings (SSSR count). The van der Waals surface area contributed by atoms with Crippen molar-refractivity contribution >= 4 is 11.3 Å². The van der Waals surface area contributed by atoms with Crippen molar-refractivity contribution in [1.29, 1.82) is 0 Å². The van der Waals surface area contributed by atoms with Crippen LogP contribution in [0.25, 0.3) is 0 Å². The minimum atomic E-state index is -0.808.